The highest BCUT2D eigenvalue weighted by Gasteiger charge is 2.34. The van der Waals surface area contributed by atoms with Gasteiger partial charge in [0.05, 0.1) is 33.5 Å². The second-order valence-corrected chi connectivity index (χ2v) is 11.9. The van der Waals surface area contributed by atoms with Crippen LogP contribution in [0.2, 0.25) is 5.02 Å². The quantitative estimate of drug-likeness (QED) is 0.305. The van der Waals surface area contributed by atoms with E-state index in [2.05, 4.69) is 15.3 Å². The normalized spacial score (nSPS) is 13.9. The summed E-state index contributed by atoms with van der Waals surface area (Å²) in [7, 11) is 0. The van der Waals surface area contributed by atoms with Gasteiger partial charge in [0.15, 0.2) is 5.65 Å². The van der Waals surface area contributed by atoms with E-state index >= 15 is 0 Å². The van der Waals surface area contributed by atoms with Crippen molar-refractivity contribution in [2.24, 2.45) is 0 Å². The van der Waals surface area contributed by atoms with Gasteiger partial charge in [-0.3, -0.25) is 4.98 Å². The molecule has 4 heterocycles. The van der Waals surface area contributed by atoms with E-state index in [1.807, 2.05) is 47.6 Å². The summed E-state index contributed by atoms with van der Waals surface area (Å²) in [4.78, 5) is 41.5. The minimum absolute atomic E-state index is 0.00296. The number of likely N-dealkylation sites (tertiary alicyclic amines) is 1. The Morgan fingerprint density at radius 3 is 2.54 bits per heavy atom. The molecule has 1 N–H and O–H groups in total. The van der Waals surface area contributed by atoms with E-state index < -0.39 is 23.2 Å². The molecule has 1 saturated heterocycles. The van der Waals surface area contributed by atoms with Crippen LogP contribution in [0.15, 0.2) is 47.4 Å². The molecular weight excluding hydrogens is 547 g/mol. The first kappa shape index (κ1) is 28.5. The molecule has 1 aliphatic heterocycles. The Kier molecular flexibility index (Phi) is 7.46. The van der Waals surface area contributed by atoms with Gasteiger partial charge in [0.2, 0.25) is 0 Å². The molecule has 214 valence electrons. The first-order valence-electron chi connectivity index (χ1n) is 13.4. The third kappa shape index (κ3) is 5.61. The van der Waals surface area contributed by atoms with Crippen LogP contribution in [-0.2, 0) is 4.74 Å². The van der Waals surface area contributed by atoms with Gasteiger partial charge in [-0.15, -0.1) is 0 Å². The lowest BCUT2D eigenvalue weighted by molar-refractivity contribution is 0.0105. The number of nitrogens with one attached hydrogen (secondary N) is 1. The van der Waals surface area contributed by atoms with E-state index in [0.717, 1.165) is 5.56 Å². The molecule has 0 saturated carbocycles. The number of ether oxygens (including phenoxy) is 1. The van der Waals surface area contributed by atoms with Gasteiger partial charge in [-0.2, -0.15) is 4.98 Å². The molecule has 1 aliphatic rings. The van der Waals surface area contributed by atoms with Gasteiger partial charge < -0.3 is 15.0 Å². The standard InChI is InChI=1S/C30H32ClFN6O3/c1-16(2)23-25(17(3)11-12-33-23)38-27-20(13-21(31)24(35-27)19-9-7-8-10-22(19)32)26(36-28(38)39)34-18-14-37(15-18)29(40)41-30(4,5)6/h7-13,16,18H,14-15H2,1-6H3,(H,34,36,39). The zero-order chi connectivity index (χ0) is 29.6. The molecule has 1 aromatic carbocycles. The summed E-state index contributed by atoms with van der Waals surface area (Å²) in [6, 6.07) is 9.49. The van der Waals surface area contributed by atoms with Crippen molar-refractivity contribution in [2.75, 3.05) is 18.4 Å². The Hall–Kier alpha value is -4.05. The predicted octanol–water partition coefficient (Wildman–Crippen LogP) is 6.10. The second-order valence-electron chi connectivity index (χ2n) is 11.5. The predicted molar refractivity (Wildman–Crippen MR) is 157 cm³/mol. The van der Waals surface area contributed by atoms with E-state index in [1.165, 1.54) is 10.6 Å². The van der Waals surface area contributed by atoms with Crippen LogP contribution in [0.25, 0.3) is 28.0 Å². The molecule has 0 atom stereocenters. The molecular formula is C30H32ClFN6O3. The Labute approximate surface area is 242 Å². The number of amides is 1. The van der Waals surface area contributed by atoms with Gasteiger partial charge in [0, 0.05) is 24.8 Å². The lowest BCUT2D eigenvalue weighted by atomic mass is 10.0. The number of benzene rings is 1. The van der Waals surface area contributed by atoms with Crippen molar-refractivity contribution in [3.63, 3.8) is 0 Å². The van der Waals surface area contributed by atoms with Gasteiger partial charge in [0.25, 0.3) is 0 Å². The lowest BCUT2D eigenvalue weighted by Gasteiger charge is -2.40. The first-order valence-corrected chi connectivity index (χ1v) is 13.8. The molecule has 0 spiro atoms. The third-order valence-electron chi connectivity index (χ3n) is 6.75. The number of nitrogens with zero attached hydrogens (tertiary/aromatic N) is 5. The smallest absolute Gasteiger partial charge is 0.410 e. The fourth-order valence-electron chi connectivity index (χ4n) is 4.80. The van der Waals surface area contributed by atoms with Crippen LogP contribution in [0.3, 0.4) is 0 Å². The van der Waals surface area contributed by atoms with E-state index in [9.17, 15) is 14.0 Å². The Bertz CT molecular complexity index is 1710. The van der Waals surface area contributed by atoms with Gasteiger partial charge in [-0.05, 0) is 63.4 Å². The summed E-state index contributed by atoms with van der Waals surface area (Å²) in [5.74, 6) is -0.214. The summed E-state index contributed by atoms with van der Waals surface area (Å²) >= 11 is 6.69. The SMILES string of the molecule is Cc1ccnc(C(C)C)c1-n1c(=O)nc(NC2CN(C(=O)OC(C)(C)C)C2)c2cc(Cl)c(-c3ccccc3F)nc21. The Morgan fingerprint density at radius 2 is 1.88 bits per heavy atom. The summed E-state index contributed by atoms with van der Waals surface area (Å²) < 4.78 is 21.7. The molecule has 0 unspecified atom stereocenters. The minimum atomic E-state index is -0.602. The molecule has 1 fully saturated rings. The van der Waals surface area contributed by atoms with E-state index in [1.54, 1.807) is 35.4 Å². The molecule has 3 aromatic heterocycles. The maximum Gasteiger partial charge on any atom is 0.410 e. The number of rotatable bonds is 5. The molecule has 41 heavy (non-hydrogen) atoms. The second kappa shape index (κ2) is 10.7. The average Bonchev–Trinajstić information content (AvgIpc) is 2.85. The van der Waals surface area contributed by atoms with Crippen molar-refractivity contribution < 1.29 is 13.9 Å². The van der Waals surface area contributed by atoms with Crippen molar-refractivity contribution in [2.45, 2.75) is 59.1 Å². The maximum atomic E-state index is 14.9. The zero-order valence-corrected chi connectivity index (χ0v) is 24.6. The fraction of sp³-hybridized carbons (Fsp3) is 0.367. The summed E-state index contributed by atoms with van der Waals surface area (Å²) in [5.41, 5.74) is 1.59. The first-order chi connectivity index (χ1) is 19.3. The molecule has 5 rings (SSSR count). The Morgan fingerprint density at radius 1 is 1.17 bits per heavy atom. The van der Waals surface area contributed by atoms with Crippen LogP contribution in [0.1, 0.15) is 51.8 Å². The summed E-state index contributed by atoms with van der Waals surface area (Å²) in [6.07, 6.45) is 1.30. The van der Waals surface area contributed by atoms with Crippen molar-refractivity contribution in [1.82, 2.24) is 24.4 Å². The maximum absolute atomic E-state index is 14.9. The zero-order valence-electron chi connectivity index (χ0n) is 23.8. The van der Waals surface area contributed by atoms with Crippen LogP contribution in [0.5, 0.6) is 0 Å². The highest BCUT2D eigenvalue weighted by atomic mass is 35.5. The average molecular weight is 579 g/mol. The number of fused-ring (bicyclic) bond motifs is 1. The van der Waals surface area contributed by atoms with Gasteiger partial charge in [0.1, 0.15) is 17.2 Å². The largest absolute Gasteiger partial charge is 0.444 e. The van der Waals surface area contributed by atoms with Gasteiger partial charge in [-0.1, -0.05) is 37.6 Å². The topological polar surface area (TPSA) is 102 Å². The van der Waals surface area contributed by atoms with Crippen LogP contribution in [0, 0.1) is 12.7 Å². The van der Waals surface area contributed by atoms with Crippen LogP contribution in [-0.4, -0.2) is 55.2 Å². The number of anilines is 1. The minimum Gasteiger partial charge on any atom is -0.444 e. The van der Waals surface area contributed by atoms with Crippen molar-refractivity contribution in [1.29, 1.82) is 0 Å². The number of aromatic nitrogens is 4. The Balaban J connectivity index is 1.65. The fourth-order valence-corrected chi connectivity index (χ4v) is 5.05. The van der Waals surface area contributed by atoms with Crippen LogP contribution >= 0.6 is 11.6 Å². The van der Waals surface area contributed by atoms with E-state index in [-0.39, 0.29) is 39.7 Å². The number of halogens is 2. The summed E-state index contributed by atoms with van der Waals surface area (Å²) in [5, 5.41) is 3.95. The molecule has 0 aliphatic carbocycles. The molecule has 11 heteroatoms. The lowest BCUT2D eigenvalue weighted by Crippen LogP contribution is -2.58. The molecule has 4 aromatic rings. The number of carbonyl (C=O) groups is 1. The van der Waals surface area contributed by atoms with Crippen LogP contribution in [0.4, 0.5) is 15.0 Å². The van der Waals surface area contributed by atoms with Crippen molar-refractivity contribution in [3.8, 4) is 16.9 Å². The summed E-state index contributed by atoms with van der Waals surface area (Å²) in [6.45, 7) is 12.0. The number of hydrogen-bond donors (Lipinski definition) is 1. The van der Waals surface area contributed by atoms with E-state index in [0.29, 0.717) is 29.9 Å². The van der Waals surface area contributed by atoms with Gasteiger partial charge in [-0.25, -0.2) is 23.5 Å². The van der Waals surface area contributed by atoms with Crippen molar-refractivity contribution >= 4 is 34.5 Å². The highest BCUT2D eigenvalue weighted by Crippen LogP contribution is 2.35. The third-order valence-corrected chi connectivity index (χ3v) is 7.04. The monoisotopic (exact) mass is 578 g/mol. The number of pyridine rings is 2. The van der Waals surface area contributed by atoms with Crippen molar-refractivity contribution in [3.05, 3.63) is 75.2 Å². The molecule has 0 bridgehead atoms. The molecule has 9 nitrogen and oxygen atoms in total. The number of aryl methyl sites for hydroxylation is 1. The number of hydrogen-bond acceptors (Lipinski definition) is 7. The van der Waals surface area contributed by atoms with Crippen LogP contribution < -0.4 is 11.0 Å². The van der Waals surface area contributed by atoms with E-state index in [4.69, 9.17) is 21.3 Å². The molecule has 0 radical (unpaired) electrons. The molecule has 1 amide bonds. The number of carbonyl (C=O) groups excluding carboxylic acids is 1. The highest BCUT2D eigenvalue weighted by molar-refractivity contribution is 6.33. The van der Waals surface area contributed by atoms with Gasteiger partial charge >= 0.3 is 11.8 Å².